The minimum absolute atomic E-state index is 0.0921. The molecule has 0 amide bonds. The number of aliphatic hydroxyl groups excluding tert-OH is 2. The van der Waals surface area contributed by atoms with E-state index in [0.717, 1.165) is 13.0 Å². The Labute approximate surface area is 142 Å². The first-order chi connectivity index (χ1) is 11.2. The molecule has 1 heterocycles. The highest BCUT2D eigenvalue weighted by Gasteiger charge is 2.48. The van der Waals surface area contributed by atoms with Gasteiger partial charge < -0.3 is 20.3 Å². The van der Waals surface area contributed by atoms with Crippen molar-refractivity contribution in [2.45, 2.75) is 102 Å². The van der Waals surface area contributed by atoms with Crippen LogP contribution in [0.1, 0.15) is 77.6 Å². The van der Waals surface area contributed by atoms with E-state index in [9.17, 15) is 10.2 Å². The molecule has 2 aliphatic rings. The van der Waals surface area contributed by atoms with Crippen LogP contribution in [-0.4, -0.2) is 47.7 Å². The predicted octanol–water partition coefficient (Wildman–Crippen LogP) is 3.01. The minimum Gasteiger partial charge on any atom is -0.390 e. The third-order valence-electron chi connectivity index (χ3n) is 5.56. The summed E-state index contributed by atoms with van der Waals surface area (Å²) < 4.78 is 5.50. The van der Waals surface area contributed by atoms with Crippen LogP contribution in [0.25, 0.3) is 0 Å². The van der Waals surface area contributed by atoms with E-state index in [1.54, 1.807) is 0 Å². The summed E-state index contributed by atoms with van der Waals surface area (Å²) >= 11 is 0. The van der Waals surface area contributed by atoms with Crippen molar-refractivity contribution >= 4 is 0 Å². The number of hydrogen-bond donors (Lipinski definition) is 3. The molecule has 2 rings (SSSR count). The first-order valence-electron chi connectivity index (χ1n) is 9.95. The van der Waals surface area contributed by atoms with E-state index in [-0.39, 0.29) is 18.1 Å². The average molecular weight is 328 g/mol. The molecule has 4 nitrogen and oxygen atoms in total. The predicted molar refractivity (Wildman–Crippen MR) is 93.5 cm³/mol. The fourth-order valence-corrected chi connectivity index (χ4v) is 4.01. The molecule has 23 heavy (non-hydrogen) atoms. The molecule has 136 valence electrons. The Morgan fingerprint density at radius 3 is 2.13 bits per heavy atom. The van der Waals surface area contributed by atoms with Crippen molar-refractivity contribution in [1.82, 2.24) is 5.32 Å². The molecule has 3 N–H and O–H groups in total. The fourth-order valence-electron chi connectivity index (χ4n) is 4.01. The van der Waals surface area contributed by atoms with Gasteiger partial charge in [0.2, 0.25) is 0 Å². The Morgan fingerprint density at radius 2 is 1.48 bits per heavy atom. The Bertz CT molecular complexity index is 313. The van der Waals surface area contributed by atoms with E-state index in [1.807, 2.05) is 0 Å². The van der Waals surface area contributed by atoms with Crippen LogP contribution in [0, 0.1) is 5.92 Å². The third-order valence-corrected chi connectivity index (χ3v) is 5.56. The number of rotatable bonds is 12. The Kier molecular flexibility index (Phi) is 8.88. The van der Waals surface area contributed by atoms with Crippen molar-refractivity contribution in [3.8, 4) is 0 Å². The second-order valence-electron chi connectivity index (χ2n) is 7.52. The van der Waals surface area contributed by atoms with E-state index in [1.165, 1.54) is 64.2 Å². The SMILES string of the molecule is CCCCCCCCCCCCN[C@@H]1C[C@@H]2CO[C@H]([C@@H]2O)[C@H]1O. The van der Waals surface area contributed by atoms with Crippen molar-refractivity contribution in [2.75, 3.05) is 13.2 Å². The van der Waals surface area contributed by atoms with E-state index >= 15 is 0 Å². The van der Waals surface area contributed by atoms with Gasteiger partial charge in [-0.1, -0.05) is 64.7 Å². The summed E-state index contributed by atoms with van der Waals surface area (Å²) in [5.41, 5.74) is 0. The molecule has 5 atom stereocenters. The van der Waals surface area contributed by atoms with Crippen molar-refractivity contribution < 1.29 is 14.9 Å². The third kappa shape index (κ3) is 6.00. The van der Waals surface area contributed by atoms with E-state index in [0.29, 0.717) is 6.61 Å². The Balaban J connectivity index is 1.42. The smallest absolute Gasteiger partial charge is 0.111 e. The van der Waals surface area contributed by atoms with Gasteiger partial charge in [-0.3, -0.25) is 0 Å². The number of fused-ring (bicyclic) bond motifs is 2. The summed E-state index contributed by atoms with van der Waals surface area (Å²) in [6.07, 6.45) is 12.9. The molecule has 1 saturated heterocycles. The maximum Gasteiger partial charge on any atom is 0.111 e. The van der Waals surface area contributed by atoms with Crippen LogP contribution >= 0.6 is 0 Å². The molecule has 0 unspecified atom stereocenters. The lowest BCUT2D eigenvalue weighted by Crippen LogP contribution is -2.55. The summed E-state index contributed by atoms with van der Waals surface area (Å²) in [6, 6.07) is 0.0921. The van der Waals surface area contributed by atoms with Gasteiger partial charge in [-0.25, -0.2) is 0 Å². The number of nitrogens with one attached hydrogen (secondary N) is 1. The largest absolute Gasteiger partial charge is 0.390 e. The summed E-state index contributed by atoms with van der Waals surface area (Å²) in [4.78, 5) is 0. The lowest BCUT2D eigenvalue weighted by atomic mass is 9.82. The molecule has 2 bridgehead atoms. The van der Waals surface area contributed by atoms with Crippen LogP contribution < -0.4 is 5.32 Å². The second kappa shape index (κ2) is 10.7. The topological polar surface area (TPSA) is 61.7 Å². The van der Waals surface area contributed by atoms with Gasteiger partial charge in [0.1, 0.15) is 6.10 Å². The Morgan fingerprint density at radius 1 is 0.870 bits per heavy atom. The van der Waals surface area contributed by atoms with E-state index < -0.39 is 12.2 Å². The van der Waals surface area contributed by atoms with Gasteiger partial charge in [0, 0.05) is 12.0 Å². The van der Waals surface area contributed by atoms with Crippen LogP contribution in [0.3, 0.4) is 0 Å². The molecule has 0 aromatic rings. The molecular weight excluding hydrogens is 290 g/mol. The maximum absolute atomic E-state index is 10.2. The van der Waals surface area contributed by atoms with Crippen molar-refractivity contribution in [3.05, 3.63) is 0 Å². The average Bonchev–Trinajstić information content (AvgIpc) is 2.81. The van der Waals surface area contributed by atoms with Gasteiger partial charge in [-0.15, -0.1) is 0 Å². The fraction of sp³-hybridized carbons (Fsp3) is 1.00. The summed E-state index contributed by atoms with van der Waals surface area (Å²) in [7, 11) is 0. The second-order valence-corrected chi connectivity index (χ2v) is 7.52. The number of unbranched alkanes of at least 4 members (excludes halogenated alkanes) is 9. The molecule has 1 aliphatic heterocycles. The van der Waals surface area contributed by atoms with Crippen molar-refractivity contribution in [3.63, 3.8) is 0 Å². The Hall–Kier alpha value is -0.160. The van der Waals surface area contributed by atoms with Gasteiger partial charge >= 0.3 is 0 Å². The lowest BCUT2D eigenvalue weighted by molar-refractivity contribution is -0.0755. The molecule has 1 saturated carbocycles. The monoisotopic (exact) mass is 327 g/mol. The normalized spacial score (nSPS) is 33.3. The van der Waals surface area contributed by atoms with Gasteiger partial charge in [0.15, 0.2) is 0 Å². The number of hydrogen-bond acceptors (Lipinski definition) is 4. The van der Waals surface area contributed by atoms with Crippen LogP contribution in [0.4, 0.5) is 0 Å². The van der Waals surface area contributed by atoms with Crippen LogP contribution in [0.2, 0.25) is 0 Å². The maximum atomic E-state index is 10.2. The molecule has 0 spiro atoms. The lowest BCUT2D eigenvalue weighted by Gasteiger charge is -2.35. The molecular formula is C19H37NO3. The first-order valence-corrected chi connectivity index (χ1v) is 9.95. The quantitative estimate of drug-likeness (QED) is 0.482. The van der Waals surface area contributed by atoms with Gasteiger partial charge in [-0.05, 0) is 19.4 Å². The summed E-state index contributed by atoms with van der Waals surface area (Å²) in [5, 5.41) is 23.7. The van der Waals surface area contributed by atoms with Crippen LogP contribution in [-0.2, 0) is 4.74 Å². The standard InChI is InChI=1S/C19H37NO3/c1-2-3-4-5-6-7-8-9-10-11-12-20-16-13-15-14-23-19(17(15)21)18(16)22/h15-22H,2-14H2,1H3/t15-,16-,17-,18+,19-/m1/s1. The van der Waals surface area contributed by atoms with Gasteiger partial charge in [0.25, 0.3) is 0 Å². The highest BCUT2D eigenvalue weighted by Crippen LogP contribution is 2.34. The zero-order valence-electron chi connectivity index (χ0n) is 14.9. The molecule has 1 aliphatic carbocycles. The van der Waals surface area contributed by atoms with Crippen LogP contribution in [0.15, 0.2) is 0 Å². The van der Waals surface area contributed by atoms with E-state index in [2.05, 4.69) is 12.2 Å². The zero-order chi connectivity index (χ0) is 16.5. The zero-order valence-corrected chi connectivity index (χ0v) is 14.9. The number of ether oxygens (including phenoxy) is 1. The van der Waals surface area contributed by atoms with Gasteiger partial charge in [-0.2, -0.15) is 0 Å². The highest BCUT2D eigenvalue weighted by atomic mass is 16.5. The number of aliphatic hydroxyl groups is 2. The van der Waals surface area contributed by atoms with Crippen molar-refractivity contribution in [1.29, 1.82) is 0 Å². The van der Waals surface area contributed by atoms with E-state index in [4.69, 9.17) is 4.74 Å². The minimum atomic E-state index is -0.563. The highest BCUT2D eigenvalue weighted by molar-refractivity contribution is 5.00. The molecule has 0 radical (unpaired) electrons. The molecule has 0 aromatic carbocycles. The van der Waals surface area contributed by atoms with Gasteiger partial charge in [0.05, 0.1) is 18.8 Å². The van der Waals surface area contributed by atoms with Crippen molar-refractivity contribution in [2.24, 2.45) is 5.92 Å². The summed E-state index contributed by atoms with van der Waals surface area (Å²) in [5.74, 6) is 0.202. The molecule has 2 fully saturated rings. The first kappa shape index (κ1) is 19.2. The van der Waals surface area contributed by atoms with Crippen LogP contribution in [0.5, 0.6) is 0 Å². The molecule has 0 aromatic heterocycles. The summed E-state index contributed by atoms with van der Waals surface area (Å²) in [6.45, 7) is 3.83. The molecule has 4 heteroatoms.